The monoisotopic (exact) mass is 231 g/mol. The van der Waals surface area contributed by atoms with Crippen molar-refractivity contribution >= 4 is 32.3 Å². The molecule has 0 amide bonds. The highest BCUT2D eigenvalue weighted by atomic mass is 32.1. The third-order valence-corrected chi connectivity index (χ3v) is 3.72. The van der Waals surface area contributed by atoms with E-state index in [-0.39, 0.29) is 11.3 Å². The van der Waals surface area contributed by atoms with Crippen LogP contribution in [0.2, 0.25) is 0 Å². The maximum Gasteiger partial charge on any atom is 0.266 e. The van der Waals surface area contributed by atoms with Gasteiger partial charge in [-0.25, -0.2) is 0 Å². The first-order valence-corrected chi connectivity index (χ1v) is 5.78. The van der Waals surface area contributed by atoms with E-state index in [2.05, 4.69) is 4.98 Å². The Labute approximate surface area is 95.0 Å². The molecule has 0 aliphatic rings. The van der Waals surface area contributed by atoms with Crippen molar-refractivity contribution < 1.29 is 5.11 Å². The highest BCUT2D eigenvalue weighted by Crippen LogP contribution is 2.34. The smallest absolute Gasteiger partial charge is 0.266 e. The lowest BCUT2D eigenvalue weighted by atomic mass is 10.1. The van der Waals surface area contributed by atoms with Gasteiger partial charge < -0.3 is 10.1 Å². The van der Waals surface area contributed by atoms with Crippen LogP contribution in [-0.4, -0.2) is 10.1 Å². The highest BCUT2D eigenvalue weighted by molar-refractivity contribution is 7.17. The maximum absolute atomic E-state index is 11.8. The van der Waals surface area contributed by atoms with Crippen molar-refractivity contribution in [2.75, 3.05) is 0 Å². The number of aromatic hydroxyl groups is 1. The molecule has 0 saturated carbocycles. The van der Waals surface area contributed by atoms with Gasteiger partial charge in [0.2, 0.25) is 0 Å². The van der Waals surface area contributed by atoms with Crippen LogP contribution in [0.3, 0.4) is 0 Å². The molecule has 0 bridgehead atoms. The summed E-state index contributed by atoms with van der Waals surface area (Å²) in [5.74, 6) is 0.182. The van der Waals surface area contributed by atoms with Crippen LogP contribution in [0.4, 0.5) is 0 Å². The summed E-state index contributed by atoms with van der Waals surface area (Å²) >= 11 is 1.27. The van der Waals surface area contributed by atoms with Crippen LogP contribution in [0.15, 0.2) is 28.4 Å². The minimum absolute atomic E-state index is 0.137. The molecule has 2 heterocycles. The van der Waals surface area contributed by atoms with Gasteiger partial charge in [-0.3, -0.25) is 4.79 Å². The van der Waals surface area contributed by atoms with E-state index in [4.69, 9.17) is 0 Å². The molecule has 0 fully saturated rings. The lowest BCUT2D eigenvalue weighted by Crippen LogP contribution is -2.04. The molecule has 0 unspecified atom stereocenters. The second kappa shape index (κ2) is 3.09. The summed E-state index contributed by atoms with van der Waals surface area (Å²) in [6, 6.07) is 5.77. The van der Waals surface area contributed by atoms with E-state index in [0.29, 0.717) is 10.1 Å². The predicted octanol–water partition coefficient (Wildman–Crippen LogP) is 2.76. The molecule has 0 atom stereocenters. The highest BCUT2D eigenvalue weighted by Gasteiger charge is 2.11. The fraction of sp³-hybridized carbons (Fsp3) is 0.0833. The molecule has 0 aliphatic heterocycles. The van der Waals surface area contributed by atoms with Crippen LogP contribution >= 0.6 is 11.3 Å². The third kappa shape index (κ3) is 1.10. The second-order valence-corrected chi connectivity index (χ2v) is 4.66. The normalized spacial score (nSPS) is 11.3. The van der Waals surface area contributed by atoms with Crippen LogP contribution in [0.5, 0.6) is 5.75 Å². The van der Waals surface area contributed by atoms with Crippen LogP contribution in [0, 0.1) is 6.92 Å². The second-order valence-electron chi connectivity index (χ2n) is 3.78. The van der Waals surface area contributed by atoms with E-state index in [9.17, 15) is 9.90 Å². The minimum atomic E-state index is -0.137. The number of rotatable bonds is 0. The summed E-state index contributed by atoms with van der Waals surface area (Å²) in [5.41, 5.74) is 1.66. The van der Waals surface area contributed by atoms with E-state index in [1.807, 2.05) is 25.1 Å². The van der Waals surface area contributed by atoms with Crippen molar-refractivity contribution in [2.24, 2.45) is 0 Å². The molecule has 3 aromatic rings. The van der Waals surface area contributed by atoms with Crippen molar-refractivity contribution in [2.45, 2.75) is 6.92 Å². The Morgan fingerprint density at radius 1 is 1.38 bits per heavy atom. The van der Waals surface area contributed by atoms with Crippen LogP contribution in [0.25, 0.3) is 21.0 Å². The number of benzene rings is 1. The fourth-order valence-corrected chi connectivity index (χ4v) is 2.83. The lowest BCUT2D eigenvalue weighted by molar-refractivity contribution is 0.484. The fourth-order valence-electron chi connectivity index (χ4n) is 1.99. The van der Waals surface area contributed by atoms with Crippen molar-refractivity contribution in [1.29, 1.82) is 0 Å². The van der Waals surface area contributed by atoms with Crippen LogP contribution in [0.1, 0.15) is 5.56 Å². The Balaban J connectivity index is 2.73. The average Bonchev–Trinajstić information content (AvgIpc) is 2.64. The average molecular weight is 231 g/mol. The number of aromatic amines is 1. The Morgan fingerprint density at radius 2 is 2.19 bits per heavy atom. The van der Waals surface area contributed by atoms with Crippen molar-refractivity contribution in [3.05, 3.63) is 39.5 Å². The van der Waals surface area contributed by atoms with Gasteiger partial charge in [0, 0.05) is 16.2 Å². The summed E-state index contributed by atoms with van der Waals surface area (Å²) in [4.78, 5) is 14.7. The number of thiophene rings is 1. The van der Waals surface area contributed by atoms with Gasteiger partial charge in [-0.15, -0.1) is 11.3 Å². The summed E-state index contributed by atoms with van der Waals surface area (Å²) in [6.07, 6.45) is 0. The third-order valence-electron chi connectivity index (χ3n) is 2.76. The Hall–Kier alpha value is -1.81. The molecule has 16 heavy (non-hydrogen) atoms. The number of aromatic nitrogens is 1. The zero-order valence-electron chi connectivity index (χ0n) is 8.57. The zero-order valence-corrected chi connectivity index (χ0v) is 9.39. The van der Waals surface area contributed by atoms with Gasteiger partial charge in [0.1, 0.15) is 10.4 Å². The number of para-hydroxylation sites is 1. The molecule has 3 rings (SSSR count). The molecule has 0 spiro atoms. The number of fused-ring (bicyclic) bond motifs is 3. The molecule has 0 radical (unpaired) electrons. The molecule has 0 saturated heterocycles. The summed E-state index contributed by atoms with van der Waals surface area (Å²) in [5, 5.41) is 12.9. The summed E-state index contributed by atoms with van der Waals surface area (Å²) in [6.45, 7) is 1.94. The Bertz CT molecular complexity index is 755. The van der Waals surface area contributed by atoms with Gasteiger partial charge in [0.25, 0.3) is 5.56 Å². The lowest BCUT2D eigenvalue weighted by Gasteiger charge is -2.03. The standard InChI is InChI=1S/C12H9NO2S/c1-6-3-2-4-7-9-8(14)5-16-11(9)12(15)13-10(6)7/h2-5,14H,1H3,(H,13,15). The summed E-state index contributed by atoms with van der Waals surface area (Å²) in [7, 11) is 0. The molecular formula is C12H9NO2S. The predicted molar refractivity (Wildman–Crippen MR) is 66.4 cm³/mol. The quantitative estimate of drug-likeness (QED) is 0.625. The number of H-pyrrole nitrogens is 1. The minimum Gasteiger partial charge on any atom is -0.506 e. The van der Waals surface area contributed by atoms with Gasteiger partial charge in [-0.1, -0.05) is 18.2 Å². The van der Waals surface area contributed by atoms with E-state index in [1.54, 1.807) is 5.38 Å². The number of aryl methyl sites for hydroxylation is 1. The first-order chi connectivity index (χ1) is 7.68. The topological polar surface area (TPSA) is 53.1 Å². The van der Waals surface area contributed by atoms with E-state index in [0.717, 1.165) is 16.5 Å². The van der Waals surface area contributed by atoms with Crippen LogP contribution in [-0.2, 0) is 0 Å². The molecule has 2 N–H and O–H groups in total. The molecule has 2 aromatic heterocycles. The maximum atomic E-state index is 11.8. The van der Waals surface area contributed by atoms with Crippen LogP contribution < -0.4 is 5.56 Å². The Morgan fingerprint density at radius 3 is 3.00 bits per heavy atom. The largest absolute Gasteiger partial charge is 0.506 e. The van der Waals surface area contributed by atoms with Gasteiger partial charge in [-0.05, 0) is 12.5 Å². The number of pyridine rings is 1. The van der Waals surface area contributed by atoms with E-state index >= 15 is 0 Å². The van der Waals surface area contributed by atoms with Gasteiger partial charge in [0.15, 0.2) is 0 Å². The van der Waals surface area contributed by atoms with Crippen molar-refractivity contribution in [3.63, 3.8) is 0 Å². The number of hydrogen-bond donors (Lipinski definition) is 2. The molecular weight excluding hydrogens is 222 g/mol. The Kier molecular flexibility index (Phi) is 1.82. The molecule has 1 aromatic carbocycles. The van der Waals surface area contributed by atoms with Gasteiger partial charge in [-0.2, -0.15) is 0 Å². The van der Waals surface area contributed by atoms with E-state index in [1.165, 1.54) is 11.3 Å². The number of hydrogen-bond acceptors (Lipinski definition) is 3. The zero-order chi connectivity index (χ0) is 11.3. The van der Waals surface area contributed by atoms with Gasteiger partial charge >= 0.3 is 0 Å². The van der Waals surface area contributed by atoms with Gasteiger partial charge in [0.05, 0.1) is 5.52 Å². The molecule has 3 nitrogen and oxygen atoms in total. The SMILES string of the molecule is Cc1cccc2c1[nH]c(=O)c1scc(O)c12. The van der Waals surface area contributed by atoms with Crippen molar-refractivity contribution in [1.82, 2.24) is 4.98 Å². The molecule has 80 valence electrons. The molecule has 0 aliphatic carbocycles. The van der Waals surface area contributed by atoms with E-state index < -0.39 is 0 Å². The number of nitrogens with one attached hydrogen (secondary N) is 1. The first kappa shape index (κ1) is 9.42. The first-order valence-electron chi connectivity index (χ1n) is 4.90. The summed E-state index contributed by atoms with van der Waals surface area (Å²) < 4.78 is 0.579. The van der Waals surface area contributed by atoms with Crippen molar-refractivity contribution in [3.8, 4) is 5.75 Å². The molecule has 4 heteroatoms.